The normalized spacial score (nSPS) is 11.3. The van der Waals surface area contributed by atoms with E-state index in [0.717, 1.165) is 6.26 Å². The van der Waals surface area contributed by atoms with Crippen molar-refractivity contribution in [1.82, 2.24) is 10.2 Å². The van der Waals surface area contributed by atoms with E-state index in [-0.39, 0.29) is 10.8 Å². The van der Waals surface area contributed by atoms with Crippen LogP contribution in [0.1, 0.15) is 10.4 Å². The lowest BCUT2D eigenvalue weighted by Gasteiger charge is -2.06. The SMILES string of the molecule is COC(=O)c1ccc(-c2n[nH]c(O)c2-c2ccc(S(C)(=O)=O)cc2)cc1. The van der Waals surface area contributed by atoms with Gasteiger partial charge in [0, 0.05) is 11.8 Å². The van der Waals surface area contributed by atoms with Crippen LogP contribution in [-0.4, -0.2) is 43.1 Å². The number of nitrogens with zero attached hydrogens (tertiary/aromatic N) is 1. The molecule has 0 unspecified atom stereocenters. The molecule has 0 fully saturated rings. The van der Waals surface area contributed by atoms with E-state index in [9.17, 15) is 18.3 Å². The van der Waals surface area contributed by atoms with Crippen molar-refractivity contribution in [2.45, 2.75) is 4.90 Å². The molecule has 0 amide bonds. The number of nitrogens with one attached hydrogen (secondary N) is 1. The number of ether oxygens (including phenoxy) is 1. The number of carbonyl (C=O) groups is 1. The highest BCUT2D eigenvalue weighted by Gasteiger charge is 2.18. The highest BCUT2D eigenvalue weighted by atomic mass is 32.2. The van der Waals surface area contributed by atoms with Gasteiger partial charge in [-0.15, -0.1) is 0 Å². The molecule has 0 radical (unpaired) electrons. The summed E-state index contributed by atoms with van der Waals surface area (Å²) in [5, 5.41) is 16.8. The second kappa shape index (κ2) is 6.64. The van der Waals surface area contributed by atoms with Gasteiger partial charge < -0.3 is 9.84 Å². The van der Waals surface area contributed by atoms with Crippen LogP contribution in [-0.2, 0) is 14.6 Å². The lowest BCUT2D eigenvalue weighted by Crippen LogP contribution is -2.00. The Kier molecular flexibility index (Phi) is 4.52. The van der Waals surface area contributed by atoms with E-state index in [1.54, 1.807) is 36.4 Å². The fourth-order valence-electron chi connectivity index (χ4n) is 2.57. The van der Waals surface area contributed by atoms with Crippen LogP contribution >= 0.6 is 0 Å². The lowest BCUT2D eigenvalue weighted by atomic mass is 10.0. The molecule has 3 aromatic rings. The summed E-state index contributed by atoms with van der Waals surface area (Å²) in [7, 11) is -2.00. The summed E-state index contributed by atoms with van der Waals surface area (Å²) in [6.45, 7) is 0. The molecule has 2 aromatic carbocycles. The molecule has 0 aliphatic carbocycles. The summed E-state index contributed by atoms with van der Waals surface area (Å²) >= 11 is 0. The summed E-state index contributed by atoms with van der Waals surface area (Å²) in [5.74, 6) is -0.581. The Labute approximate surface area is 150 Å². The molecule has 0 spiro atoms. The second-order valence-corrected chi connectivity index (χ2v) is 7.68. The molecule has 0 saturated heterocycles. The maximum absolute atomic E-state index is 11.6. The first-order valence-corrected chi connectivity index (χ1v) is 9.47. The van der Waals surface area contributed by atoms with Crippen LogP contribution in [0.2, 0.25) is 0 Å². The minimum absolute atomic E-state index is 0.135. The van der Waals surface area contributed by atoms with Gasteiger partial charge in [-0.2, -0.15) is 5.10 Å². The first-order valence-electron chi connectivity index (χ1n) is 7.58. The number of sulfone groups is 1. The molecule has 0 aliphatic rings. The Hall–Kier alpha value is -3.13. The molecular weight excluding hydrogens is 356 g/mol. The number of methoxy groups -OCH3 is 1. The molecule has 0 aliphatic heterocycles. The quantitative estimate of drug-likeness (QED) is 0.682. The Morgan fingerprint density at radius 1 is 1.04 bits per heavy atom. The van der Waals surface area contributed by atoms with Gasteiger partial charge in [-0.05, 0) is 29.8 Å². The smallest absolute Gasteiger partial charge is 0.337 e. The van der Waals surface area contributed by atoms with Gasteiger partial charge in [0.05, 0.1) is 23.1 Å². The van der Waals surface area contributed by atoms with E-state index in [4.69, 9.17) is 0 Å². The minimum atomic E-state index is -3.31. The zero-order valence-corrected chi connectivity index (χ0v) is 14.9. The van der Waals surface area contributed by atoms with E-state index in [1.807, 2.05) is 0 Å². The third kappa shape index (κ3) is 3.31. The molecule has 7 nitrogen and oxygen atoms in total. The maximum Gasteiger partial charge on any atom is 0.337 e. The van der Waals surface area contributed by atoms with Crippen molar-refractivity contribution in [3.63, 3.8) is 0 Å². The van der Waals surface area contributed by atoms with Gasteiger partial charge in [0.25, 0.3) is 0 Å². The number of H-pyrrole nitrogens is 1. The number of aromatic hydroxyl groups is 1. The third-order valence-electron chi connectivity index (χ3n) is 3.90. The lowest BCUT2D eigenvalue weighted by molar-refractivity contribution is 0.0600. The van der Waals surface area contributed by atoms with Crippen molar-refractivity contribution < 1.29 is 23.1 Å². The second-order valence-electron chi connectivity index (χ2n) is 5.66. The third-order valence-corrected chi connectivity index (χ3v) is 5.03. The van der Waals surface area contributed by atoms with E-state index >= 15 is 0 Å². The number of benzene rings is 2. The van der Waals surface area contributed by atoms with Crippen molar-refractivity contribution >= 4 is 15.8 Å². The predicted octanol–water partition coefficient (Wildman–Crippen LogP) is 2.64. The summed E-state index contributed by atoms with van der Waals surface area (Å²) in [4.78, 5) is 11.7. The van der Waals surface area contributed by atoms with Crippen LogP contribution in [0.3, 0.4) is 0 Å². The number of esters is 1. The van der Waals surface area contributed by atoms with Gasteiger partial charge in [-0.3, -0.25) is 0 Å². The van der Waals surface area contributed by atoms with Gasteiger partial charge in [0.2, 0.25) is 5.88 Å². The first-order chi connectivity index (χ1) is 12.3. The number of aromatic nitrogens is 2. The van der Waals surface area contributed by atoms with Crippen LogP contribution in [0.25, 0.3) is 22.4 Å². The molecular formula is C18H16N2O5S. The monoisotopic (exact) mass is 372 g/mol. The summed E-state index contributed by atoms with van der Waals surface area (Å²) in [6.07, 6.45) is 1.13. The number of aromatic amines is 1. The van der Waals surface area contributed by atoms with Gasteiger partial charge in [0.1, 0.15) is 5.69 Å². The fraction of sp³-hybridized carbons (Fsp3) is 0.111. The van der Waals surface area contributed by atoms with Gasteiger partial charge in [-0.1, -0.05) is 24.3 Å². The number of hydrogen-bond acceptors (Lipinski definition) is 6. The van der Waals surface area contributed by atoms with Gasteiger partial charge in [-0.25, -0.2) is 18.3 Å². The highest BCUT2D eigenvalue weighted by molar-refractivity contribution is 7.90. The molecule has 8 heteroatoms. The van der Waals surface area contributed by atoms with E-state index < -0.39 is 15.8 Å². The zero-order valence-electron chi connectivity index (χ0n) is 14.1. The zero-order chi connectivity index (χ0) is 18.9. The van der Waals surface area contributed by atoms with Crippen LogP contribution in [0.15, 0.2) is 53.4 Å². The minimum Gasteiger partial charge on any atom is -0.493 e. The van der Waals surface area contributed by atoms with Crippen molar-refractivity contribution in [2.24, 2.45) is 0 Å². The molecule has 2 N–H and O–H groups in total. The summed E-state index contributed by atoms with van der Waals surface area (Å²) < 4.78 is 27.9. The molecule has 1 heterocycles. The van der Waals surface area contributed by atoms with Crippen molar-refractivity contribution in [2.75, 3.05) is 13.4 Å². The van der Waals surface area contributed by atoms with Crippen LogP contribution in [0, 0.1) is 0 Å². The van der Waals surface area contributed by atoms with E-state index in [0.29, 0.717) is 27.9 Å². The van der Waals surface area contributed by atoms with E-state index in [1.165, 1.54) is 19.2 Å². The fourth-order valence-corrected chi connectivity index (χ4v) is 3.20. The molecule has 134 valence electrons. The van der Waals surface area contributed by atoms with Crippen LogP contribution in [0.4, 0.5) is 0 Å². The predicted molar refractivity (Wildman–Crippen MR) is 95.6 cm³/mol. The number of carbonyl (C=O) groups excluding carboxylic acids is 1. The Bertz CT molecular complexity index is 1050. The molecule has 0 atom stereocenters. The molecule has 1 aromatic heterocycles. The topological polar surface area (TPSA) is 109 Å². The Morgan fingerprint density at radius 3 is 2.15 bits per heavy atom. The Morgan fingerprint density at radius 2 is 1.62 bits per heavy atom. The number of rotatable bonds is 4. The highest BCUT2D eigenvalue weighted by Crippen LogP contribution is 2.37. The average molecular weight is 372 g/mol. The summed E-state index contributed by atoms with van der Waals surface area (Å²) in [5.41, 5.74) is 2.60. The largest absolute Gasteiger partial charge is 0.493 e. The molecule has 0 saturated carbocycles. The standard InChI is InChI=1S/C18H16N2O5S/c1-25-18(22)13-5-3-12(4-6-13)16-15(17(21)20-19-16)11-7-9-14(10-8-11)26(2,23)24/h3-10H,1-2H3,(H2,19,20,21). The van der Waals surface area contributed by atoms with E-state index in [2.05, 4.69) is 14.9 Å². The molecule has 3 rings (SSSR count). The van der Waals surface area contributed by atoms with Crippen LogP contribution < -0.4 is 0 Å². The Balaban J connectivity index is 2.03. The maximum atomic E-state index is 11.6. The van der Waals surface area contributed by atoms with Crippen molar-refractivity contribution in [3.05, 3.63) is 54.1 Å². The summed E-state index contributed by atoms with van der Waals surface area (Å²) in [6, 6.07) is 12.7. The van der Waals surface area contributed by atoms with Crippen molar-refractivity contribution in [1.29, 1.82) is 0 Å². The van der Waals surface area contributed by atoms with Gasteiger partial charge >= 0.3 is 5.97 Å². The molecule has 26 heavy (non-hydrogen) atoms. The molecule has 0 bridgehead atoms. The average Bonchev–Trinajstić information content (AvgIpc) is 3.02. The van der Waals surface area contributed by atoms with Crippen LogP contribution in [0.5, 0.6) is 5.88 Å². The van der Waals surface area contributed by atoms with Gasteiger partial charge in [0.15, 0.2) is 9.84 Å². The van der Waals surface area contributed by atoms with Crippen molar-refractivity contribution in [3.8, 4) is 28.3 Å². The number of hydrogen-bond donors (Lipinski definition) is 2. The first kappa shape index (κ1) is 17.7.